The molecule has 2 aromatic carbocycles. The van der Waals surface area contributed by atoms with E-state index < -0.39 is 0 Å². The monoisotopic (exact) mass is 424 g/mol. The van der Waals surface area contributed by atoms with Gasteiger partial charge in [-0.25, -0.2) is 0 Å². The Bertz CT molecular complexity index is 939. The molecule has 0 radical (unpaired) electrons. The molecule has 8 nitrogen and oxygen atoms in total. The number of nitrogens with one attached hydrogen (secondary N) is 2. The molecule has 0 saturated carbocycles. The Morgan fingerprint density at radius 2 is 1.74 bits per heavy atom. The molecule has 2 amide bonds. The number of methoxy groups -OCH3 is 1. The summed E-state index contributed by atoms with van der Waals surface area (Å²) in [5.41, 5.74) is 1.80. The minimum Gasteiger partial charge on any atom is -0.493 e. The number of carbonyl (C=O) groups is 2. The lowest BCUT2D eigenvalue weighted by molar-refractivity contribution is 0.0652. The number of guanidine groups is 1. The Morgan fingerprint density at radius 3 is 2.35 bits per heavy atom. The second-order valence-electron chi connectivity index (χ2n) is 6.94. The van der Waals surface area contributed by atoms with Crippen molar-refractivity contribution in [2.24, 2.45) is 4.99 Å². The van der Waals surface area contributed by atoms with Crippen LogP contribution in [0.15, 0.2) is 47.5 Å². The van der Waals surface area contributed by atoms with Crippen molar-refractivity contribution in [2.75, 3.05) is 39.2 Å². The summed E-state index contributed by atoms with van der Waals surface area (Å²) in [5.74, 6) is 1.52. The van der Waals surface area contributed by atoms with Gasteiger partial charge in [0.05, 0.1) is 24.8 Å². The molecule has 0 unspecified atom stereocenters. The molecule has 2 aromatic rings. The van der Waals surface area contributed by atoms with E-state index in [1.807, 2.05) is 25.1 Å². The Kier molecular flexibility index (Phi) is 7.48. The number of nitrogens with zero attached hydrogens (tertiary/aromatic N) is 2. The molecule has 0 fully saturated rings. The predicted molar refractivity (Wildman–Crippen MR) is 120 cm³/mol. The fraction of sp³-hybridized carbons (Fsp3) is 0.348. The van der Waals surface area contributed by atoms with E-state index in [-0.39, 0.29) is 11.8 Å². The summed E-state index contributed by atoms with van der Waals surface area (Å²) in [4.78, 5) is 30.3. The highest BCUT2D eigenvalue weighted by molar-refractivity contribution is 6.21. The molecule has 8 heteroatoms. The van der Waals surface area contributed by atoms with E-state index >= 15 is 0 Å². The lowest BCUT2D eigenvalue weighted by atomic mass is 10.1. The molecule has 0 aromatic heterocycles. The first-order valence-electron chi connectivity index (χ1n) is 10.3. The van der Waals surface area contributed by atoms with Crippen LogP contribution in [-0.4, -0.2) is 56.5 Å². The highest BCUT2D eigenvalue weighted by Crippen LogP contribution is 2.30. The van der Waals surface area contributed by atoms with Crippen LogP contribution in [0, 0.1) is 0 Å². The van der Waals surface area contributed by atoms with Crippen LogP contribution in [-0.2, 0) is 0 Å². The third-order valence-corrected chi connectivity index (χ3v) is 4.93. The molecule has 1 aliphatic rings. The zero-order valence-electron chi connectivity index (χ0n) is 18.1. The van der Waals surface area contributed by atoms with E-state index in [1.165, 1.54) is 4.90 Å². The van der Waals surface area contributed by atoms with Gasteiger partial charge >= 0.3 is 0 Å². The molecule has 164 valence electrons. The molecule has 1 aliphatic heterocycles. The Labute approximate surface area is 182 Å². The quantitative estimate of drug-likeness (QED) is 0.278. The number of unbranched alkanes of at least 4 members (excludes halogenated alkanes) is 1. The molecule has 31 heavy (non-hydrogen) atoms. The minimum atomic E-state index is -0.212. The van der Waals surface area contributed by atoms with Gasteiger partial charge < -0.3 is 20.1 Å². The second kappa shape index (κ2) is 10.5. The van der Waals surface area contributed by atoms with Crippen molar-refractivity contribution >= 4 is 23.5 Å². The summed E-state index contributed by atoms with van der Waals surface area (Å²) in [6, 6.07) is 12.5. The maximum atomic E-state index is 12.4. The van der Waals surface area contributed by atoms with Gasteiger partial charge in [0.15, 0.2) is 17.5 Å². The molecule has 0 aliphatic carbocycles. The summed E-state index contributed by atoms with van der Waals surface area (Å²) in [6.45, 7) is 3.51. The number of hydrogen-bond donors (Lipinski definition) is 2. The summed E-state index contributed by atoms with van der Waals surface area (Å²) in [6.07, 6.45) is 1.48. The van der Waals surface area contributed by atoms with Gasteiger partial charge in [-0.1, -0.05) is 12.1 Å². The van der Waals surface area contributed by atoms with Crippen LogP contribution in [0.4, 0.5) is 5.69 Å². The van der Waals surface area contributed by atoms with E-state index in [0.717, 1.165) is 12.1 Å². The van der Waals surface area contributed by atoms with E-state index in [1.54, 1.807) is 38.4 Å². The zero-order chi connectivity index (χ0) is 22.2. The van der Waals surface area contributed by atoms with Gasteiger partial charge in [-0.05, 0) is 44.0 Å². The van der Waals surface area contributed by atoms with Gasteiger partial charge in [0.1, 0.15) is 0 Å². The standard InChI is InChI=1S/C23H28N4O4/c1-4-31-20-15-16(11-12-19(20)30-3)26-23(24-2)25-13-7-8-14-27-21(28)17-9-5-6-10-18(17)22(27)29/h5-6,9-12,15H,4,7-8,13-14H2,1-3H3,(H2,24,25,26). The molecule has 0 atom stereocenters. The fourth-order valence-corrected chi connectivity index (χ4v) is 3.38. The summed E-state index contributed by atoms with van der Waals surface area (Å²) in [7, 11) is 3.30. The maximum Gasteiger partial charge on any atom is 0.261 e. The number of imide groups is 1. The summed E-state index contributed by atoms with van der Waals surface area (Å²) < 4.78 is 10.9. The SMILES string of the molecule is CCOc1cc(NC(=NC)NCCCCN2C(=O)c3ccccc3C2=O)ccc1OC. The largest absolute Gasteiger partial charge is 0.493 e. The number of carbonyl (C=O) groups excluding carboxylic acids is 2. The van der Waals surface area contributed by atoms with Crippen LogP contribution >= 0.6 is 0 Å². The van der Waals surface area contributed by atoms with E-state index in [9.17, 15) is 9.59 Å². The van der Waals surface area contributed by atoms with E-state index in [4.69, 9.17) is 9.47 Å². The first-order valence-corrected chi connectivity index (χ1v) is 10.3. The number of anilines is 1. The molecular weight excluding hydrogens is 396 g/mol. The van der Waals surface area contributed by atoms with Gasteiger partial charge in [-0.15, -0.1) is 0 Å². The van der Waals surface area contributed by atoms with Crippen molar-refractivity contribution in [3.8, 4) is 11.5 Å². The van der Waals surface area contributed by atoms with Crippen LogP contribution in [0.25, 0.3) is 0 Å². The van der Waals surface area contributed by atoms with Gasteiger partial charge in [0.25, 0.3) is 11.8 Å². The van der Waals surface area contributed by atoms with E-state index in [0.29, 0.717) is 54.7 Å². The number of aliphatic imine (C=N–C) groups is 1. The Hall–Kier alpha value is -3.55. The second-order valence-corrected chi connectivity index (χ2v) is 6.94. The highest BCUT2D eigenvalue weighted by Gasteiger charge is 2.34. The maximum absolute atomic E-state index is 12.4. The number of fused-ring (bicyclic) bond motifs is 1. The Morgan fingerprint density at radius 1 is 1.03 bits per heavy atom. The third kappa shape index (κ3) is 5.14. The predicted octanol–water partition coefficient (Wildman–Crippen LogP) is 3.16. The number of hydrogen-bond acceptors (Lipinski definition) is 5. The molecule has 0 spiro atoms. The smallest absolute Gasteiger partial charge is 0.261 e. The van der Waals surface area contributed by atoms with Crippen LogP contribution in [0.3, 0.4) is 0 Å². The first-order chi connectivity index (χ1) is 15.1. The molecule has 0 saturated heterocycles. The van der Waals surface area contributed by atoms with E-state index in [2.05, 4.69) is 15.6 Å². The van der Waals surface area contributed by atoms with Crippen molar-refractivity contribution < 1.29 is 19.1 Å². The van der Waals surface area contributed by atoms with Crippen molar-refractivity contribution in [3.05, 3.63) is 53.6 Å². The number of rotatable bonds is 9. The van der Waals surface area contributed by atoms with Gasteiger partial charge in [0.2, 0.25) is 0 Å². The van der Waals surface area contributed by atoms with Crippen LogP contribution in [0.5, 0.6) is 11.5 Å². The van der Waals surface area contributed by atoms with Crippen molar-refractivity contribution in [1.29, 1.82) is 0 Å². The van der Waals surface area contributed by atoms with Crippen molar-refractivity contribution in [2.45, 2.75) is 19.8 Å². The van der Waals surface area contributed by atoms with Crippen LogP contribution in [0.1, 0.15) is 40.5 Å². The van der Waals surface area contributed by atoms with Crippen LogP contribution in [0.2, 0.25) is 0 Å². The lowest BCUT2D eigenvalue weighted by Gasteiger charge is -2.16. The van der Waals surface area contributed by atoms with Crippen LogP contribution < -0.4 is 20.1 Å². The van der Waals surface area contributed by atoms with Crippen molar-refractivity contribution in [3.63, 3.8) is 0 Å². The van der Waals surface area contributed by atoms with Gasteiger partial charge in [0, 0.05) is 31.9 Å². The van der Waals surface area contributed by atoms with Crippen molar-refractivity contribution in [1.82, 2.24) is 10.2 Å². The van der Waals surface area contributed by atoms with Gasteiger partial charge in [-0.3, -0.25) is 19.5 Å². The summed E-state index contributed by atoms with van der Waals surface area (Å²) >= 11 is 0. The molecule has 3 rings (SSSR count). The number of benzene rings is 2. The molecule has 2 N–H and O–H groups in total. The Balaban J connectivity index is 1.46. The summed E-state index contributed by atoms with van der Waals surface area (Å²) in [5, 5.41) is 6.46. The first kappa shape index (κ1) is 22.1. The normalized spacial score (nSPS) is 13.3. The molecule has 0 bridgehead atoms. The lowest BCUT2D eigenvalue weighted by Crippen LogP contribution is -2.33. The number of ether oxygens (including phenoxy) is 2. The average molecular weight is 425 g/mol. The molecule has 1 heterocycles. The minimum absolute atomic E-state index is 0.212. The molecular formula is C23H28N4O4. The third-order valence-electron chi connectivity index (χ3n) is 4.93. The zero-order valence-corrected chi connectivity index (χ0v) is 18.1. The number of amides is 2. The highest BCUT2D eigenvalue weighted by atomic mass is 16.5. The topological polar surface area (TPSA) is 92.3 Å². The van der Waals surface area contributed by atoms with Gasteiger partial charge in [-0.2, -0.15) is 0 Å². The average Bonchev–Trinajstić information content (AvgIpc) is 3.03. The fourth-order valence-electron chi connectivity index (χ4n) is 3.38.